The van der Waals surface area contributed by atoms with Gasteiger partial charge in [-0.2, -0.15) is 13.2 Å². The summed E-state index contributed by atoms with van der Waals surface area (Å²) >= 11 is 0. The zero-order chi connectivity index (χ0) is 18.4. The zero-order valence-electron chi connectivity index (χ0n) is 14.7. The number of alkyl halides is 3. The Bertz CT molecular complexity index is 731. The minimum atomic E-state index is -4.36. The van der Waals surface area contributed by atoms with Gasteiger partial charge in [0.2, 0.25) is 0 Å². The number of aliphatic imine (C=N–C) groups is 1. The van der Waals surface area contributed by atoms with Gasteiger partial charge in [-0.3, -0.25) is 4.99 Å². The summed E-state index contributed by atoms with van der Waals surface area (Å²) in [5.74, 6) is 1.12. The molecule has 0 aliphatic carbocycles. The molecule has 0 spiro atoms. The largest absolute Gasteiger partial charge is 0.416 e. The highest BCUT2D eigenvalue weighted by molar-refractivity contribution is 14.0. The average molecular weight is 482 g/mol. The molecule has 0 saturated carbocycles. The second-order valence-electron chi connectivity index (χ2n) is 5.55. The molecule has 1 unspecified atom stereocenters. The first kappa shape index (κ1) is 22.3. The van der Waals surface area contributed by atoms with E-state index in [0.29, 0.717) is 23.8 Å². The number of guanidine groups is 1. The highest BCUT2D eigenvalue weighted by Crippen LogP contribution is 2.30. The Kier molecular flexibility index (Phi) is 8.38. The van der Waals surface area contributed by atoms with Gasteiger partial charge in [0.1, 0.15) is 0 Å². The minimum Gasteiger partial charge on any atom is -0.359 e. The first-order valence-electron chi connectivity index (χ1n) is 7.92. The maximum absolute atomic E-state index is 12.8. The molecular formula is C17H22F3IN4O. The molecule has 5 nitrogen and oxygen atoms in total. The lowest BCUT2D eigenvalue weighted by Crippen LogP contribution is -2.38. The van der Waals surface area contributed by atoms with Crippen molar-refractivity contribution in [2.24, 2.45) is 4.99 Å². The van der Waals surface area contributed by atoms with Crippen LogP contribution in [-0.2, 0) is 19.1 Å². The molecule has 144 valence electrons. The molecule has 9 heteroatoms. The van der Waals surface area contributed by atoms with E-state index in [1.807, 2.05) is 13.0 Å². The SMILES string of the molecule is CCc1cc(CNC(=NC)NC(C)c2cccc(C(F)(F)F)c2)on1.I. The Hall–Kier alpha value is -1.78. The van der Waals surface area contributed by atoms with Crippen molar-refractivity contribution in [3.05, 3.63) is 52.9 Å². The van der Waals surface area contributed by atoms with Crippen molar-refractivity contribution in [1.29, 1.82) is 0 Å². The number of hydrogen-bond acceptors (Lipinski definition) is 3. The van der Waals surface area contributed by atoms with Gasteiger partial charge in [0.25, 0.3) is 0 Å². The van der Waals surface area contributed by atoms with E-state index in [4.69, 9.17) is 4.52 Å². The van der Waals surface area contributed by atoms with E-state index in [0.717, 1.165) is 24.2 Å². The summed E-state index contributed by atoms with van der Waals surface area (Å²) in [6.07, 6.45) is -3.58. The van der Waals surface area contributed by atoms with E-state index in [9.17, 15) is 13.2 Å². The van der Waals surface area contributed by atoms with E-state index in [1.54, 1.807) is 20.0 Å². The summed E-state index contributed by atoms with van der Waals surface area (Å²) in [7, 11) is 1.59. The lowest BCUT2D eigenvalue weighted by Gasteiger charge is -2.19. The molecule has 0 fully saturated rings. The molecule has 1 aromatic carbocycles. The molecule has 2 N–H and O–H groups in total. The number of aromatic nitrogens is 1. The molecule has 0 amide bonds. The Morgan fingerprint density at radius 3 is 2.62 bits per heavy atom. The third kappa shape index (κ3) is 6.19. The van der Waals surface area contributed by atoms with Crippen molar-refractivity contribution in [3.63, 3.8) is 0 Å². The predicted molar refractivity (Wildman–Crippen MR) is 104 cm³/mol. The highest BCUT2D eigenvalue weighted by Gasteiger charge is 2.30. The molecule has 2 rings (SSSR count). The van der Waals surface area contributed by atoms with Gasteiger partial charge >= 0.3 is 6.18 Å². The lowest BCUT2D eigenvalue weighted by molar-refractivity contribution is -0.137. The Balaban J connectivity index is 0.00000338. The number of nitrogens with zero attached hydrogens (tertiary/aromatic N) is 2. The van der Waals surface area contributed by atoms with Gasteiger partial charge in [-0.05, 0) is 31.0 Å². The van der Waals surface area contributed by atoms with Crippen molar-refractivity contribution in [2.45, 2.75) is 39.0 Å². The van der Waals surface area contributed by atoms with E-state index in [1.165, 1.54) is 6.07 Å². The van der Waals surface area contributed by atoms with Crippen LogP contribution in [0.15, 0.2) is 39.8 Å². The average Bonchev–Trinajstić information content (AvgIpc) is 3.05. The molecule has 0 aliphatic rings. The molecule has 0 saturated heterocycles. The third-order valence-electron chi connectivity index (χ3n) is 3.69. The van der Waals surface area contributed by atoms with Crippen LogP contribution in [-0.4, -0.2) is 18.2 Å². The monoisotopic (exact) mass is 482 g/mol. The Labute approximate surface area is 167 Å². The van der Waals surface area contributed by atoms with E-state index < -0.39 is 11.7 Å². The second-order valence-corrected chi connectivity index (χ2v) is 5.55. The standard InChI is InChI=1S/C17H21F3N4O.HI/c1-4-14-9-15(25-24-14)10-22-16(21-3)23-11(2)12-6-5-7-13(8-12)17(18,19)20;/h5-9,11H,4,10H2,1-3H3,(H2,21,22,23);1H. The maximum atomic E-state index is 12.8. The molecule has 2 aromatic rings. The van der Waals surface area contributed by atoms with E-state index in [-0.39, 0.29) is 30.0 Å². The fourth-order valence-corrected chi connectivity index (χ4v) is 2.24. The fraction of sp³-hybridized carbons (Fsp3) is 0.412. The fourth-order valence-electron chi connectivity index (χ4n) is 2.24. The van der Waals surface area contributed by atoms with Gasteiger partial charge in [-0.25, -0.2) is 0 Å². The van der Waals surface area contributed by atoms with Crippen LogP contribution in [0.2, 0.25) is 0 Å². The van der Waals surface area contributed by atoms with Crippen LogP contribution in [0.4, 0.5) is 13.2 Å². The van der Waals surface area contributed by atoms with Crippen molar-refractivity contribution in [3.8, 4) is 0 Å². The number of halogens is 4. The number of rotatable bonds is 5. The molecule has 1 heterocycles. The van der Waals surface area contributed by atoms with Crippen LogP contribution in [0.25, 0.3) is 0 Å². The van der Waals surface area contributed by atoms with Crippen LogP contribution in [0, 0.1) is 0 Å². The van der Waals surface area contributed by atoms with Crippen molar-refractivity contribution >= 4 is 29.9 Å². The van der Waals surface area contributed by atoms with Gasteiger partial charge in [0.15, 0.2) is 11.7 Å². The summed E-state index contributed by atoms with van der Waals surface area (Å²) in [6, 6.07) is 6.72. The zero-order valence-corrected chi connectivity index (χ0v) is 17.1. The molecular weight excluding hydrogens is 460 g/mol. The Morgan fingerprint density at radius 2 is 2.04 bits per heavy atom. The second kappa shape index (κ2) is 9.79. The highest BCUT2D eigenvalue weighted by atomic mass is 127. The smallest absolute Gasteiger partial charge is 0.359 e. The number of aryl methyl sites for hydroxylation is 1. The van der Waals surface area contributed by atoms with Gasteiger partial charge in [-0.15, -0.1) is 24.0 Å². The van der Waals surface area contributed by atoms with E-state index >= 15 is 0 Å². The van der Waals surface area contributed by atoms with E-state index in [2.05, 4.69) is 20.8 Å². The van der Waals surface area contributed by atoms with Crippen molar-refractivity contribution in [1.82, 2.24) is 15.8 Å². The van der Waals surface area contributed by atoms with Crippen molar-refractivity contribution < 1.29 is 17.7 Å². The minimum absolute atomic E-state index is 0. The molecule has 26 heavy (non-hydrogen) atoms. The van der Waals surface area contributed by atoms with Gasteiger partial charge in [0, 0.05) is 13.1 Å². The summed E-state index contributed by atoms with van der Waals surface area (Å²) in [5.41, 5.74) is 0.707. The lowest BCUT2D eigenvalue weighted by atomic mass is 10.1. The quantitative estimate of drug-likeness (QED) is 0.379. The molecule has 0 radical (unpaired) electrons. The number of benzene rings is 1. The van der Waals surface area contributed by atoms with Crippen LogP contribution in [0.3, 0.4) is 0 Å². The van der Waals surface area contributed by atoms with Crippen LogP contribution in [0.5, 0.6) is 0 Å². The first-order valence-corrected chi connectivity index (χ1v) is 7.92. The Morgan fingerprint density at radius 1 is 1.31 bits per heavy atom. The predicted octanol–water partition coefficient (Wildman–Crippen LogP) is 4.30. The van der Waals surface area contributed by atoms with Crippen LogP contribution in [0.1, 0.15) is 42.5 Å². The third-order valence-corrected chi connectivity index (χ3v) is 3.69. The summed E-state index contributed by atoms with van der Waals surface area (Å²) in [6.45, 7) is 4.13. The van der Waals surface area contributed by atoms with Gasteiger partial charge < -0.3 is 15.2 Å². The first-order chi connectivity index (χ1) is 11.8. The normalized spacial score (nSPS) is 13.1. The molecule has 0 aliphatic heterocycles. The molecule has 1 aromatic heterocycles. The molecule has 0 bridgehead atoms. The topological polar surface area (TPSA) is 62.5 Å². The molecule has 1 atom stereocenters. The van der Waals surface area contributed by atoms with Crippen molar-refractivity contribution in [2.75, 3.05) is 7.05 Å². The summed E-state index contributed by atoms with van der Waals surface area (Å²) in [4.78, 5) is 4.08. The van der Waals surface area contributed by atoms with Crippen LogP contribution < -0.4 is 10.6 Å². The number of nitrogens with one attached hydrogen (secondary N) is 2. The van der Waals surface area contributed by atoms with Gasteiger partial charge in [-0.1, -0.05) is 24.2 Å². The number of hydrogen-bond donors (Lipinski definition) is 2. The maximum Gasteiger partial charge on any atom is 0.416 e. The summed E-state index contributed by atoms with van der Waals surface area (Å²) < 4.78 is 43.7. The van der Waals surface area contributed by atoms with Crippen LogP contribution >= 0.6 is 24.0 Å². The van der Waals surface area contributed by atoms with Gasteiger partial charge in [0.05, 0.1) is 23.8 Å². The summed E-state index contributed by atoms with van der Waals surface area (Å²) in [5, 5.41) is 10.0.